The van der Waals surface area contributed by atoms with Crippen LogP contribution in [-0.2, 0) is 0 Å². The Kier molecular flexibility index (Phi) is 2.59. The number of rotatable bonds is 1. The van der Waals surface area contributed by atoms with Crippen LogP contribution in [0.4, 0.5) is 0 Å². The number of hydrogen-bond donors (Lipinski definition) is 1. The van der Waals surface area contributed by atoms with Gasteiger partial charge < -0.3 is 5.73 Å². The van der Waals surface area contributed by atoms with Gasteiger partial charge in [-0.2, -0.15) is 0 Å². The second kappa shape index (κ2) is 3.10. The van der Waals surface area contributed by atoms with E-state index in [2.05, 4.69) is 0 Å². The summed E-state index contributed by atoms with van der Waals surface area (Å²) in [7, 11) is 0. The van der Waals surface area contributed by atoms with Gasteiger partial charge in [-0.05, 0) is 43.6 Å². The predicted molar refractivity (Wildman–Crippen MR) is 45.2 cm³/mol. The van der Waals surface area contributed by atoms with Gasteiger partial charge in [-0.15, -0.1) is 12.4 Å². The molecule has 2 aliphatic rings. The van der Waals surface area contributed by atoms with Gasteiger partial charge in [0.2, 0.25) is 0 Å². The van der Waals surface area contributed by atoms with Gasteiger partial charge in [0, 0.05) is 0 Å². The highest BCUT2D eigenvalue weighted by molar-refractivity contribution is 5.85. The van der Waals surface area contributed by atoms with Gasteiger partial charge in [-0.1, -0.05) is 6.42 Å². The van der Waals surface area contributed by atoms with Crippen LogP contribution in [0.25, 0.3) is 0 Å². The fourth-order valence-electron chi connectivity index (χ4n) is 2.67. The number of fused-ring (bicyclic) bond motifs is 2. The Morgan fingerprint density at radius 1 is 1.20 bits per heavy atom. The summed E-state index contributed by atoms with van der Waals surface area (Å²) in [6.07, 6.45) is 5.93. The summed E-state index contributed by atoms with van der Waals surface area (Å²) in [5.74, 6) is 3.01. The van der Waals surface area contributed by atoms with E-state index in [9.17, 15) is 0 Å². The van der Waals surface area contributed by atoms with Crippen molar-refractivity contribution in [1.29, 1.82) is 0 Å². The molecule has 0 spiro atoms. The molecule has 0 saturated heterocycles. The zero-order chi connectivity index (χ0) is 6.27. The van der Waals surface area contributed by atoms with E-state index in [1.54, 1.807) is 0 Å². The minimum absolute atomic E-state index is 0. The first-order valence-corrected chi connectivity index (χ1v) is 4.10. The molecular formula is C8H16ClN. The number of hydrogen-bond acceptors (Lipinski definition) is 1. The molecule has 0 heterocycles. The molecule has 60 valence electrons. The van der Waals surface area contributed by atoms with Crippen LogP contribution in [0.1, 0.15) is 25.7 Å². The molecule has 2 heteroatoms. The van der Waals surface area contributed by atoms with E-state index in [4.69, 9.17) is 5.73 Å². The Morgan fingerprint density at radius 3 is 2.30 bits per heavy atom. The summed E-state index contributed by atoms with van der Waals surface area (Å²) in [6.45, 7) is 0.946. The molecule has 2 fully saturated rings. The first-order valence-electron chi connectivity index (χ1n) is 4.10. The molecule has 0 aromatic rings. The summed E-state index contributed by atoms with van der Waals surface area (Å²) in [5, 5.41) is 0. The quantitative estimate of drug-likeness (QED) is 0.624. The zero-order valence-electron chi connectivity index (χ0n) is 6.25. The number of nitrogens with two attached hydrogens (primary N) is 1. The molecule has 10 heavy (non-hydrogen) atoms. The Balaban J connectivity index is 0.000000500. The van der Waals surface area contributed by atoms with Crippen LogP contribution in [0.5, 0.6) is 0 Å². The Hall–Kier alpha value is 0.250. The van der Waals surface area contributed by atoms with Gasteiger partial charge in [0.15, 0.2) is 0 Å². The highest BCUT2D eigenvalue weighted by Crippen LogP contribution is 2.47. The van der Waals surface area contributed by atoms with E-state index in [0.29, 0.717) is 0 Å². The molecule has 0 aromatic heterocycles. The average Bonchev–Trinajstić information content (AvgIpc) is 2.45. The molecule has 2 bridgehead atoms. The molecule has 2 N–H and O–H groups in total. The van der Waals surface area contributed by atoms with Crippen LogP contribution in [-0.4, -0.2) is 6.54 Å². The van der Waals surface area contributed by atoms with Crippen LogP contribution in [0.3, 0.4) is 0 Å². The molecule has 0 amide bonds. The van der Waals surface area contributed by atoms with Crippen LogP contribution < -0.4 is 5.73 Å². The third-order valence-corrected chi connectivity index (χ3v) is 3.19. The Labute approximate surface area is 68.8 Å². The lowest BCUT2D eigenvalue weighted by molar-refractivity contribution is 0.341. The number of halogens is 1. The SMILES string of the molecule is Cl.NC[C@H]1C[C@H]2CC[C@@H]1C2. The maximum atomic E-state index is 5.62. The fourth-order valence-corrected chi connectivity index (χ4v) is 2.67. The molecular weight excluding hydrogens is 146 g/mol. The van der Waals surface area contributed by atoms with Gasteiger partial charge in [0.1, 0.15) is 0 Å². The Bertz CT molecular complexity index is 116. The lowest BCUT2D eigenvalue weighted by atomic mass is 9.89. The van der Waals surface area contributed by atoms with Crippen LogP contribution in [0.15, 0.2) is 0 Å². The van der Waals surface area contributed by atoms with Gasteiger partial charge in [0.05, 0.1) is 0 Å². The average molecular weight is 162 g/mol. The van der Waals surface area contributed by atoms with E-state index in [1.165, 1.54) is 25.7 Å². The third-order valence-electron chi connectivity index (χ3n) is 3.19. The first kappa shape index (κ1) is 8.35. The minimum Gasteiger partial charge on any atom is -0.330 e. The monoisotopic (exact) mass is 161 g/mol. The normalized spacial score (nSPS) is 43.5. The van der Waals surface area contributed by atoms with Crippen molar-refractivity contribution in [3.05, 3.63) is 0 Å². The summed E-state index contributed by atoms with van der Waals surface area (Å²) in [5.41, 5.74) is 5.62. The largest absolute Gasteiger partial charge is 0.330 e. The molecule has 0 unspecified atom stereocenters. The van der Waals surface area contributed by atoms with E-state index in [-0.39, 0.29) is 12.4 Å². The lowest BCUT2D eigenvalue weighted by Gasteiger charge is -2.18. The predicted octanol–water partition coefficient (Wildman–Crippen LogP) is 1.80. The minimum atomic E-state index is 0. The smallest absolute Gasteiger partial charge is 0.00461 e. The van der Waals surface area contributed by atoms with Crippen molar-refractivity contribution in [1.82, 2.24) is 0 Å². The topological polar surface area (TPSA) is 26.0 Å². The maximum Gasteiger partial charge on any atom is -0.00461 e. The summed E-state index contributed by atoms with van der Waals surface area (Å²) in [4.78, 5) is 0. The molecule has 0 aliphatic heterocycles. The second-order valence-electron chi connectivity index (χ2n) is 3.67. The standard InChI is InChI=1S/C8H15N.ClH/c9-5-8-4-6-1-2-7(8)3-6;/h6-8H,1-5,9H2;1H/t6-,7+,8+;/m0./s1. The van der Waals surface area contributed by atoms with Crippen molar-refractivity contribution in [2.45, 2.75) is 25.7 Å². The molecule has 2 rings (SSSR count). The van der Waals surface area contributed by atoms with Gasteiger partial charge in [-0.25, -0.2) is 0 Å². The van der Waals surface area contributed by atoms with Crippen molar-refractivity contribution in [3.8, 4) is 0 Å². The van der Waals surface area contributed by atoms with Crippen LogP contribution in [0, 0.1) is 17.8 Å². The van der Waals surface area contributed by atoms with Crippen LogP contribution >= 0.6 is 12.4 Å². The van der Waals surface area contributed by atoms with E-state index in [1.807, 2.05) is 0 Å². The zero-order valence-corrected chi connectivity index (χ0v) is 7.07. The van der Waals surface area contributed by atoms with Crippen LogP contribution in [0.2, 0.25) is 0 Å². The van der Waals surface area contributed by atoms with Gasteiger partial charge in [-0.3, -0.25) is 0 Å². The molecule has 3 atom stereocenters. The van der Waals surface area contributed by atoms with Crippen molar-refractivity contribution in [3.63, 3.8) is 0 Å². The fraction of sp³-hybridized carbons (Fsp3) is 1.00. The summed E-state index contributed by atoms with van der Waals surface area (Å²) >= 11 is 0. The van der Waals surface area contributed by atoms with Gasteiger partial charge in [0.25, 0.3) is 0 Å². The molecule has 1 nitrogen and oxygen atoms in total. The van der Waals surface area contributed by atoms with Crippen molar-refractivity contribution in [2.24, 2.45) is 23.5 Å². The van der Waals surface area contributed by atoms with Crippen molar-refractivity contribution in [2.75, 3.05) is 6.54 Å². The van der Waals surface area contributed by atoms with E-state index in [0.717, 1.165) is 24.3 Å². The lowest BCUT2D eigenvalue weighted by Crippen LogP contribution is -2.19. The van der Waals surface area contributed by atoms with Crippen molar-refractivity contribution < 1.29 is 0 Å². The van der Waals surface area contributed by atoms with Crippen molar-refractivity contribution >= 4 is 12.4 Å². The highest BCUT2D eigenvalue weighted by Gasteiger charge is 2.38. The summed E-state index contributed by atoms with van der Waals surface area (Å²) in [6, 6.07) is 0. The van der Waals surface area contributed by atoms with Gasteiger partial charge >= 0.3 is 0 Å². The summed E-state index contributed by atoms with van der Waals surface area (Å²) < 4.78 is 0. The molecule has 0 aromatic carbocycles. The third kappa shape index (κ3) is 1.17. The first-order chi connectivity index (χ1) is 4.40. The Morgan fingerprint density at radius 2 is 2.00 bits per heavy atom. The second-order valence-corrected chi connectivity index (χ2v) is 3.67. The molecule has 2 aliphatic carbocycles. The maximum absolute atomic E-state index is 5.62. The molecule has 2 saturated carbocycles. The molecule has 0 radical (unpaired) electrons. The van der Waals surface area contributed by atoms with E-state index >= 15 is 0 Å². The van der Waals surface area contributed by atoms with E-state index < -0.39 is 0 Å². The highest BCUT2D eigenvalue weighted by atomic mass is 35.5.